The summed E-state index contributed by atoms with van der Waals surface area (Å²) in [7, 11) is 1.02. The third kappa shape index (κ3) is 1.89. The van der Waals surface area contributed by atoms with E-state index >= 15 is 0 Å². The van der Waals surface area contributed by atoms with Crippen molar-refractivity contribution in [3.8, 4) is 0 Å². The third-order valence-electron chi connectivity index (χ3n) is 2.23. The Labute approximate surface area is 66.7 Å². The molecule has 0 aromatic rings. The van der Waals surface area contributed by atoms with Crippen LogP contribution in [0.3, 0.4) is 0 Å². The molecule has 0 saturated heterocycles. The van der Waals surface area contributed by atoms with E-state index in [1.807, 2.05) is 7.11 Å². The van der Waals surface area contributed by atoms with Gasteiger partial charge in [0, 0.05) is 17.6 Å². The summed E-state index contributed by atoms with van der Waals surface area (Å²) in [4.78, 5) is 0. The fourth-order valence-corrected chi connectivity index (χ4v) is 2.79. The molecule has 10 heavy (non-hydrogen) atoms. The Balaban J connectivity index is 4.23. The highest BCUT2D eigenvalue weighted by Crippen LogP contribution is 2.53. The highest BCUT2D eigenvalue weighted by atomic mass is 32.3. The van der Waals surface area contributed by atoms with Crippen LogP contribution in [0.25, 0.3) is 0 Å². The molecule has 0 aliphatic rings. The molecule has 0 aromatic heterocycles. The van der Waals surface area contributed by atoms with Gasteiger partial charge >= 0.3 is 0 Å². The molecule has 0 aliphatic heterocycles. The quantitative estimate of drug-likeness (QED) is 0.623. The van der Waals surface area contributed by atoms with E-state index in [1.54, 1.807) is 0 Å². The average Bonchev–Trinajstić information content (AvgIpc) is 1.85. The third-order valence-corrected chi connectivity index (χ3v) is 6.69. The monoisotopic (exact) mass is 164 g/mol. The summed E-state index contributed by atoms with van der Waals surface area (Å²) in [5.41, 5.74) is 0. The molecule has 0 aliphatic carbocycles. The molecule has 0 unspecified atom stereocenters. The van der Waals surface area contributed by atoms with Crippen molar-refractivity contribution in [2.75, 3.05) is 13.4 Å². The minimum Gasteiger partial charge on any atom is -0.340 e. The fourth-order valence-electron chi connectivity index (χ4n) is 0.929. The largest absolute Gasteiger partial charge is 0.340 e. The van der Waals surface area contributed by atoms with Crippen LogP contribution in [-0.4, -0.2) is 23.9 Å². The summed E-state index contributed by atoms with van der Waals surface area (Å²) in [6.45, 7) is 8.94. The highest BCUT2D eigenvalue weighted by molar-refractivity contribution is 8.30. The topological polar surface area (TPSA) is 9.23 Å². The van der Waals surface area contributed by atoms with Gasteiger partial charge in [-0.15, -0.1) is 10.3 Å². The maximum absolute atomic E-state index is 5.54. The van der Waals surface area contributed by atoms with E-state index in [1.165, 1.54) is 0 Å². The lowest BCUT2D eigenvalue weighted by molar-refractivity contribution is 0.456. The first-order valence-corrected chi connectivity index (χ1v) is 5.86. The van der Waals surface area contributed by atoms with Crippen molar-refractivity contribution >= 4 is 10.3 Å². The van der Waals surface area contributed by atoms with E-state index in [4.69, 9.17) is 4.18 Å². The van der Waals surface area contributed by atoms with Gasteiger partial charge in [-0.2, -0.15) is 0 Å². The molecule has 0 N–H and O–H groups in total. The summed E-state index contributed by atoms with van der Waals surface area (Å²) >= 11 is 0. The Morgan fingerprint density at radius 1 is 1.00 bits per heavy atom. The van der Waals surface area contributed by atoms with Crippen molar-refractivity contribution in [2.24, 2.45) is 0 Å². The zero-order valence-corrected chi connectivity index (χ0v) is 8.79. The predicted octanol–water partition coefficient (Wildman–Crippen LogP) is 2.80. The normalized spacial score (nSPS) is 14.8. The lowest BCUT2D eigenvalue weighted by atomic mass is 10.5. The van der Waals surface area contributed by atoms with Crippen molar-refractivity contribution in [1.29, 1.82) is 0 Å². The Morgan fingerprint density at radius 3 is 1.30 bits per heavy atom. The van der Waals surface area contributed by atoms with E-state index in [-0.39, 0.29) is 0 Å². The van der Waals surface area contributed by atoms with Crippen LogP contribution in [0.4, 0.5) is 0 Å². The molecule has 0 rings (SSSR count). The zero-order chi connectivity index (χ0) is 8.36. The SMILES string of the molecule is COS(C)(C(C)C)C(C)C. The van der Waals surface area contributed by atoms with Gasteiger partial charge in [0.15, 0.2) is 0 Å². The molecule has 0 saturated carbocycles. The van der Waals surface area contributed by atoms with E-state index in [0.29, 0.717) is 10.5 Å². The molecule has 0 radical (unpaired) electrons. The standard InChI is InChI=1S/C8H20OS/c1-7(2)10(6,9-5)8(3)4/h7-8H,1-6H3. The van der Waals surface area contributed by atoms with Gasteiger partial charge in [-0.1, -0.05) is 27.7 Å². The van der Waals surface area contributed by atoms with E-state index < -0.39 is 10.3 Å². The molecule has 2 heteroatoms. The molecule has 0 amide bonds. The summed E-state index contributed by atoms with van der Waals surface area (Å²) in [6, 6.07) is 0. The van der Waals surface area contributed by atoms with Crippen LogP contribution in [0.2, 0.25) is 0 Å². The molecule has 0 fully saturated rings. The van der Waals surface area contributed by atoms with Crippen LogP contribution in [0, 0.1) is 0 Å². The second kappa shape index (κ2) is 3.63. The second-order valence-corrected chi connectivity index (χ2v) is 7.38. The van der Waals surface area contributed by atoms with Gasteiger partial charge in [-0.25, -0.2) is 0 Å². The van der Waals surface area contributed by atoms with Gasteiger partial charge in [-0.3, -0.25) is 0 Å². The second-order valence-electron chi connectivity index (χ2n) is 3.23. The number of hydrogen-bond donors (Lipinski definition) is 0. The fraction of sp³-hybridized carbons (Fsp3) is 1.00. The van der Waals surface area contributed by atoms with Crippen molar-refractivity contribution in [2.45, 2.75) is 38.2 Å². The lowest BCUT2D eigenvalue weighted by Gasteiger charge is -2.42. The maximum atomic E-state index is 5.54. The zero-order valence-electron chi connectivity index (χ0n) is 7.97. The molecule has 0 aromatic carbocycles. The molecule has 0 heterocycles. The van der Waals surface area contributed by atoms with Gasteiger partial charge in [0.25, 0.3) is 0 Å². The van der Waals surface area contributed by atoms with Crippen molar-refractivity contribution in [1.82, 2.24) is 0 Å². The van der Waals surface area contributed by atoms with Crippen LogP contribution in [0.5, 0.6) is 0 Å². The van der Waals surface area contributed by atoms with Crippen LogP contribution in [-0.2, 0) is 4.18 Å². The summed E-state index contributed by atoms with van der Waals surface area (Å²) in [5.74, 6) is 0. The van der Waals surface area contributed by atoms with Crippen LogP contribution in [0.1, 0.15) is 27.7 Å². The Bertz CT molecular complexity index is 91.4. The van der Waals surface area contributed by atoms with Crippen molar-refractivity contribution in [3.63, 3.8) is 0 Å². The van der Waals surface area contributed by atoms with E-state index in [2.05, 4.69) is 34.0 Å². The predicted molar refractivity (Wildman–Crippen MR) is 50.8 cm³/mol. The van der Waals surface area contributed by atoms with Crippen molar-refractivity contribution < 1.29 is 4.18 Å². The minimum absolute atomic E-state index is 0.664. The molecular weight excluding hydrogens is 144 g/mol. The smallest absolute Gasteiger partial charge is 0.0482 e. The van der Waals surface area contributed by atoms with Gasteiger partial charge in [0.1, 0.15) is 0 Å². The van der Waals surface area contributed by atoms with Crippen molar-refractivity contribution in [3.05, 3.63) is 0 Å². The van der Waals surface area contributed by atoms with E-state index in [0.717, 1.165) is 0 Å². The Hall–Kier alpha value is 0.310. The highest BCUT2D eigenvalue weighted by Gasteiger charge is 2.25. The molecular formula is C8H20OS. The average molecular weight is 164 g/mol. The van der Waals surface area contributed by atoms with Crippen LogP contribution < -0.4 is 0 Å². The molecule has 0 spiro atoms. The minimum atomic E-state index is -0.810. The Morgan fingerprint density at radius 2 is 1.30 bits per heavy atom. The van der Waals surface area contributed by atoms with Crippen LogP contribution in [0.15, 0.2) is 0 Å². The molecule has 0 atom stereocenters. The molecule has 0 bridgehead atoms. The van der Waals surface area contributed by atoms with Gasteiger partial charge < -0.3 is 4.18 Å². The Kier molecular flexibility index (Phi) is 3.74. The summed E-state index contributed by atoms with van der Waals surface area (Å²) in [6.07, 6.45) is 2.25. The first kappa shape index (κ1) is 10.3. The van der Waals surface area contributed by atoms with E-state index in [9.17, 15) is 0 Å². The molecule has 64 valence electrons. The first-order chi connectivity index (χ1) is 4.45. The van der Waals surface area contributed by atoms with Gasteiger partial charge in [-0.05, 0) is 6.26 Å². The van der Waals surface area contributed by atoms with Gasteiger partial charge in [0.05, 0.1) is 0 Å². The first-order valence-electron chi connectivity index (χ1n) is 3.76. The summed E-state index contributed by atoms with van der Waals surface area (Å²) in [5, 5.41) is 1.33. The maximum Gasteiger partial charge on any atom is 0.0482 e. The lowest BCUT2D eigenvalue weighted by Crippen LogP contribution is -2.20. The number of rotatable bonds is 3. The number of hydrogen-bond acceptors (Lipinski definition) is 1. The molecule has 1 nitrogen and oxygen atoms in total. The van der Waals surface area contributed by atoms with Gasteiger partial charge in [0.2, 0.25) is 0 Å². The van der Waals surface area contributed by atoms with Crippen LogP contribution >= 0.6 is 10.3 Å². The summed E-state index contributed by atoms with van der Waals surface area (Å²) < 4.78 is 5.54.